The molecule has 0 aromatic carbocycles. The van der Waals surface area contributed by atoms with Crippen molar-refractivity contribution >= 4 is 28.6 Å². The van der Waals surface area contributed by atoms with Gasteiger partial charge < -0.3 is 4.74 Å². The molecule has 0 N–H and O–H groups in total. The van der Waals surface area contributed by atoms with Crippen molar-refractivity contribution in [3.63, 3.8) is 0 Å². The number of carbonyl (C=O) groups excluding carboxylic acids is 1. The van der Waals surface area contributed by atoms with Gasteiger partial charge in [0, 0.05) is 28.7 Å². The lowest BCUT2D eigenvalue weighted by molar-refractivity contribution is 0.0468. The summed E-state index contributed by atoms with van der Waals surface area (Å²) in [6.45, 7) is 0.182. The van der Waals surface area contributed by atoms with Crippen LogP contribution in [0.2, 0.25) is 0 Å². The number of carbonyl (C=O) groups is 1. The SMILES string of the molecule is O=C(OCc1csc(-c2ccsc2)n1)c1ccncc1. The lowest BCUT2D eigenvalue weighted by atomic mass is 10.3. The maximum absolute atomic E-state index is 11.8. The van der Waals surface area contributed by atoms with E-state index in [0.717, 1.165) is 16.3 Å². The number of nitrogens with zero attached hydrogens (tertiary/aromatic N) is 2. The van der Waals surface area contributed by atoms with Gasteiger partial charge in [-0.2, -0.15) is 11.3 Å². The van der Waals surface area contributed by atoms with Crippen LogP contribution >= 0.6 is 22.7 Å². The smallest absolute Gasteiger partial charge is 0.338 e. The molecule has 0 fully saturated rings. The summed E-state index contributed by atoms with van der Waals surface area (Å²) in [6.07, 6.45) is 3.13. The van der Waals surface area contributed by atoms with Crippen LogP contribution in [0.4, 0.5) is 0 Å². The van der Waals surface area contributed by atoms with Gasteiger partial charge >= 0.3 is 5.97 Å². The molecule has 0 aliphatic rings. The number of aromatic nitrogens is 2. The zero-order chi connectivity index (χ0) is 13.8. The number of rotatable bonds is 4. The Kier molecular flexibility index (Phi) is 3.85. The Labute approximate surface area is 123 Å². The molecule has 0 amide bonds. The lowest BCUT2D eigenvalue weighted by Crippen LogP contribution is -2.05. The van der Waals surface area contributed by atoms with E-state index in [1.54, 1.807) is 47.2 Å². The van der Waals surface area contributed by atoms with Gasteiger partial charge in [0.2, 0.25) is 0 Å². The predicted molar refractivity (Wildman–Crippen MR) is 78.8 cm³/mol. The first-order valence-corrected chi connectivity index (χ1v) is 7.69. The van der Waals surface area contributed by atoms with Crippen LogP contribution in [0, 0.1) is 0 Å². The first-order valence-electron chi connectivity index (χ1n) is 5.87. The highest BCUT2D eigenvalue weighted by Gasteiger charge is 2.09. The molecule has 0 aliphatic carbocycles. The monoisotopic (exact) mass is 302 g/mol. The standard InChI is InChI=1S/C14H10N2O2S2/c17-14(10-1-4-15-5-2-10)18-7-12-9-20-13(16-12)11-3-6-19-8-11/h1-6,8-9H,7H2. The highest BCUT2D eigenvalue weighted by molar-refractivity contribution is 7.14. The number of esters is 1. The van der Waals surface area contributed by atoms with Crippen LogP contribution < -0.4 is 0 Å². The van der Waals surface area contributed by atoms with E-state index in [1.165, 1.54) is 0 Å². The number of hydrogen-bond donors (Lipinski definition) is 0. The van der Waals surface area contributed by atoms with Crippen LogP contribution in [0.15, 0.2) is 46.7 Å². The predicted octanol–water partition coefficient (Wildman–Crippen LogP) is 3.62. The minimum absolute atomic E-state index is 0.182. The van der Waals surface area contributed by atoms with Crippen LogP contribution in [0.5, 0.6) is 0 Å². The molecule has 6 heteroatoms. The summed E-state index contributed by atoms with van der Waals surface area (Å²) < 4.78 is 5.22. The Bertz CT molecular complexity index is 693. The molecular weight excluding hydrogens is 292 g/mol. The maximum Gasteiger partial charge on any atom is 0.338 e. The second-order valence-corrected chi connectivity index (χ2v) is 5.61. The highest BCUT2D eigenvalue weighted by atomic mass is 32.1. The zero-order valence-electron chi connectivity index (χ0n) is 10.4. The number of pyridine rings is 1. The van der Waals surface area contributed by atoms with Crippen molar-refractivity contribution in [3.8, 4) is 10.6 Å². The molecule has 0 unspecified atom stereocenters. The molecule has 0 aliphatic heterocycles. The quantitative estimate of drug-likeness (QED) is 0.691. The number of thiophene rings is 1. The molecule has 0 atom stereocenters. The minimum Gasteiger partial charge on any atom is -0.456 e. The normalized spacial score (nSPS) is 10.4. The van der Waals surface area contributed by atoms with E-state index in [0.29, 0.717) is 5.56 Å². The van der Waals surface area contributed by atoms with Crippen LogP contribution in [0.1, 0.15) is 16.1 Å². The first kappa shape index (κ1) is 13.0. The summed E-state index contributed by atoms with van der Waals surface area (Å²) in [7, 11) is 0. The van der Waals surface area contributed by atoms with Gasteiger partial charge in [-0.05, 0) is 23.6 Å². The molecule has 0 spiro atoms. The third kappa shape index (κ3) is 2.92. The molecule has 3 aromatic rings. The van der Waals surface area contributed by atoms with E-state index in [4.69, 9.17) is 4.74 Å². The van der Waals surface area contributed by atoms with Crippen LogP contribution in [-0.2, 0) is 11.3 Å². The fraction of sp³-hybridized carbons (Fsp3) is 0.0714. The Morgan fingerprint density at radius 3 is 2.80 bits per heavy atom. The van der Waals surface area contributed by atoms with Crippen molar-refractivity contribution in [3.05, 3.63) is 58.0 Å². The zero-order valence-corrected chi connectivity index (χ0v) is 12.0. The second kappa shape index (κ2) is 5.94. The topological polar surface area (TPSA) is 52.1 Å². The summed E-state index contributed by atoms with van der Waals surface area (Å²) in [5.41, 5.74) is 2.36. The fourth-order valence-electron chi connectivity index (χ4n) is 1.60. The van der Waals surface area contributed by atoms with E-state index < -0.39 is 0 Å². The van der Waals surface area contributed by atoms with Gasteiger partial charge in [0.15, 0.2) is 0 Å². The second-order valence-electron chi connectivity index (χ2n) is 3.97. The van der Waals surface area contributed by atoms with Gasteiger partial charge in [0.05, 0.1) is 11.3 Å². The van der Waals surface area contributed by atoms with Crippen molar-refractivity contribution in [1.82, 2.24) is 9.97 Å². The lowest BCUT2D eigenvalue weighted by Gasteiger charge is -2.01. The number of hydrogen-bond acceptors (Lipinski definition) is 6. The summed E-state index contributed by atoms with van der Waals surface area (Å²) in [5, 5.41) is 6.92. The molecule has 0 saturated heterocycles. The van der Waals surface area contributed by atoms with Crippen LogP contribution in [0.25, 0.3) is 10.6 Å². The van der Waals surface area contributed by atoms with Gasteiger partial charge in [-0.3, -0.25) is 4.98 Å². The Morgan fingerprint density at radius 1 is 1.20 bits per heavy atom. The van der Waals surface area contributed by atoms with E-state index in [9.17, 15) is 4.79 Å². The molecule has 4 nitrogen and oxygen atoms in total. The van der Waals surface area contributed by atoms with Crippen molar-refractivity contribution in [2.45, 2.75) is 6.61 Å². The van der Waals surface area contributed by atoms with Crippen molar-refractivity contribution < 1.29 is 9.53 Å². The van der Waals surface area contributed by atoms with E-state index in [-0.39, 0.29) is 12.6 Å². The molecule has 0 radical (unpaired) electrons. The molecule has 100 valence electrons. The van der Waals surface area contributed by atoms with Gasteiger partial charge in [-0.25, -0.2) is 9.78 Å². The van der Waals surface area contributed by atoms with Gasteiger partial charge in [0.1, 0.15) is 11.6 Å². The van der Waals surface area contributed by atoms with Gasteiger partial charge in [0.25, 0.3) is 0 Å². The number of ether oxygens (including phenoxy) is 1. The average Bonchev–Trinajstić information content (AvgIpc) is 3.16. The Hall–Kier alpha value is -2.05. The van der Waals surface area contributed by atoms with E-state index >= 15 is 0 Å². The third-order valence-electron chi connectivity index (χ3n) is 2.59. The molecular formula is C14H10N2O2S2. The molecule has 0 bridgehead atoms. The van der Waals surface area contributed by atoms with E-state index in [1.807, 2.05) is 22.2 Å². The Morgan fingerprint density at radius 2 is 2.05 bits per heavy atom. The van der Waals surface area contributed by atoms with Crippen molar-refractivity contribution in [2.24, 2.45) is 0 Å². The molecule has 0 saturated carbocycles. The maximum atomic E-state index is 11.8. The summed E-state index contributed by atoms with van der Waals surface area (Å²) in [5.74, 6) is -0.363. The third-order valence-corrected chi connectivity index (χ3v) is 4.21. The summed E-state index contributed by atoms with van der Waals surface area (Å²) in [6, 6.07) is 5.27. The molecule has 20 heavy (non-hydrogen) atoms. The average molecular weight is 302 g/mol. The van der Waals surface area contributed by atoms with Gasteiger partial charge in [-0.15, -0.1) is 11.3 Å². The van der Waals surface area contributed by atoms with Crippen molar-refractivity contribution in [1.29, 1.82) is 0 Å². The van der Waals surface area contributed by atoms with Gasteiger partial charge in [-0.1, -0.05) is 0 Å². The van der Waals surface area contributed by atoms with Crippen molar-refractivity contribution in [2.75, 3.05) is 0 Å². The summed E-state index contributed by atoms with van der Waals surface area (Å²) in [4.78, 5) is 20.1. The summed E-state index contributed by atoms with van der Waals surface area (Å²) >= 11 is 3.18. The van der Waals surface area contributed by atoms with Crippen LogP contribution in [0.3, 0.4) is 0 Å². The Balaban J connectivity index is 1.63. The first-order chi connectivity index (χ1) is 9.83. The largest absolute Gasteiger partial charge is 0.456 e. The molecule has 3 heterocycles. The fourth-order valence-corrected chi connectivity index (χ4v) is 3.12. The van der Waals surface area contributed by atoms with E-state index in [2.05, 4.69) is 9.97 Å². The number of thiazole rings is 1. The minimum atomic E-state index is -0.363. The molecule has 3 rings (SSSR count). The highest BCUT2D eigenvalue weighted by Crippen LogP contribution is 2.25. The van der Waals surface area contributed by atoms with Crippen LogP contribution in [-0.4, -0.2) is 15.9 Å². The molecule has 3 aromatic heterocycles.